The van der Waals surface area contributed by atoms with E-state index in [0.29, 0.717) is 0 Å². The highest BCUT2D eigenvalue weighted by Crippen LogP contribution is 2.28. The van der Waals surface area contributed by atoms with Gasteiger partial charge in [-0.15, -0.1) is 0 Å². The third-order valence-electron chi connectivity index (χ3n) is 3.51. The van der Waals surface area contributed by atoms with E-state index in [4.69, 9.17) is 14.6 Å². The molecule has 1 atom stereocenters. The lowest BCUT2D eigenvalue weighted by Crippen LogP contribution is -2.32. The van der Waals surface area contributed by atoms with Crippen molar-refractivity contribution in [2.24, 2.45) is 5.92 Å². The SMILES string of the molecule is O=C(O)C1CCC(OC2CCCCO2)CC1. The molecule has 0 aromatic carbocycles. The molecule has 92 valence electrons. The second-order valence-corrected chi connectivity index (χ2v) is 4.74. The lowest BCUT2D eigenvalue weighted by atomic mass is 9.87. The van der Waals surface area contributed by atoms with Crippen LogP contribution in [0.3, 0.4) is 0 Å². The zero-order chi connectivity index (χ0) is 11.4. The van der Waals surface area contributed by atoms with E-state index in [9.17, 15) is 4.79 Å². The normalized spacial score (nSPS) is 35.9. The first kappa shape index (κ1) is 11.9. The molecule has 2 fully saturated rings. The smallest absolute Gasteiger partial charge is 0.306 e. The molecule has 0 spiro atoms. The Morgan fingerprint density at radius 1 is 1.12 bits per heavy atom. The van der Waals surface area contributed by atoms with Crippen LogP contribution in [0.2, 0.25) is 0 Å². The van der Waals surface area contributed by atoms with Gasteiger partial charge in [-0.3, -0.25) is 4.79 Å². The molecular formula is C12H20O4. The standard InChI is InChI=1S/C12H20O4/c13-12(14)9-4-6-10(7-5-9)16-11-3-1-2-8-15-11/h9-11H,1-8H2,(H,13,14). The van der Waals surface area contributed by atoms with Gasteiger partial charge in [0.25, 0.3) is 0 Å². The molecule has 16 heavy (non-hydrogen) atoms. The number of carboxylic acid groups (broad SMARTS) is 1. The van der Waals surface area contributed by atoms with Crippen molar-refractivity contribution in [3.8, 4) is 0 Å². The Bertz CT molecular complexity index is 227. The molecular weight excluding hydrogens is 208 g/mol. The van der Waals surface area contributed by atoms with Gasteiger partial charge in [0.2, 0.25) is 0 Å². The average molecular weight is 228 g/mol. The van der Waals surface area contributed by atoms with E-state index in [2.05, 4.69) is 0 Å². The molecule has 1 aliphatic heterocycles. The fourth-order valence-corrected chi connectivity index (χ4v) is 2.48. The van der Waals surface area contributed by atoms with Crippen LogP contribution in [-0.2, 0) is 14.3 Å². The van der Waals surface area contributed by atoms with Gasteiger partial charge < -0.3 is 14.6 Å². The van der Waals surface area contributed by atoms with E-state index in [-0.39, 0.29) is 18.3 Å². The summed E-state index contributed by atoms with van der Waals surface area (Å²) in [6.45, 7) is 0.801. The van der Waals surface area contributed by atoms with Gasteiger partial charge >= 0.3 is 5.97 Å². The largest absolute Gasteiger partial charge is 0.481 e. The first-order valence-corrected chi connectivity index (χ1v) is 6.25. The minimum absolute atomic E-state index is 0.0415. The first-order chi connectivity index (χ1) is 7.75. The van der Waals surface area contributed by atoms with E-state index in [1.54, 1.807) is 0 Å². The summed E-state index contributed by atoms with van der Waals surface area (Å²) in [6, 6.07) is 0. The van der Waals surface area contributed by atoms with Crippen LogP contribution in [0.15, 0.2) is 0 Å². The number of carbonyl (C=O) groups is 1. The van der Waals surface area contributed by atoms with Gasteiger partial charge in [0.1, 0.15) is 0 Å². The Hall–Kier alpha value is -0.610. The van der Waals surface area contributed by atoms with Crippen molar-refractivity contribution in [1.82, 2.24) is 0 Å². The molecule has 1 saturated carbocycles. The van der Waals surface area contributed by atoms with Gasteiger partial charge in [-0.1, -0.05) is 0 Å². The molecule has 0 aromatic rings. The van der Waals surface area contributed by atoms with Crippen LogP contribution >= 0.6 is 0 Å². The van der Waals surface area contributed by atoms with Crippen LogP contribution in [0.5, 0.6) is 0 Å². The second kappa shape index (κ2) is 5.64. The van der Waals surface area contributed by atoms with Gasteiger partial charge in [-0.25, -0.2) is 0 Å². The molecule has 1 N–H and O–H groups in total. The lowest BCUT2D eigenvalue weighted by Gasteiger charge is -2.31. The lowest BCUT2D eigenvalue weighted by molar-refractivity contribution is -0.195. The predicted octanol–water partition coefficient (Wildman–Crippen LogP) is 2.17. The van der Waals surface area contributed by atoms with E-state index in [0.717, 1.165) is 45.1 Å². The van der Waals surface area contributed by atoms with Crippen LogP contribution in [0.25, 0.3) is 0 Å². The summed E-state index contributed by atoms with van der Waals surface area (Å²) in [4.78, 5) is 10.8. The van der Waals surface area contributed by atoms with Gasteiger partial charge in [-0.05, 0) is 44.9 Å². The zero-order valence-electron chi connectivity index (χ0n) is 9.56. The van der Waals surface area contributed by atoms with Crippen LogP contribution in [-0.4, -0.2) is 30.1 Å². The molecule has 1 unspecified atom stereocenters. The third kappa shape index (κ3) is 3.19. The number of rotatable bonds is 3. The summed E-state index contributed by atoms with van der Waals surface area (Å²) in [5, 5.41) is 8.88. The minimum atomic E-state index is -0.660. The van der Waals surface area contributed by atoms with Crippen molar-refractivity contribution in [1.29, 1.82) is 0 Å². The van der Waals surface area contributed by atoms with E-state index in [1.807, 2.05) is 0 Å². The summed E-state index contributed by atoms with van der Waals surface area (Å²) in [6.07, 6.45) is 6.66. The summed E-state index contributed by atoms with van der Waals surface area (Å²) in [5.74, 6) is -0.820. The molecule has 1 aliphatic carbocycles. The van der Waals surface area contributed by atoms with Crippen molar-refractivity contribution in [3.63, 3.8) is 0 Å². The minimum Gasteiger partial charge on any atom is -0.481 e. The van der Waals surface area contributed by atoms with Crippen LogP contribution in [0.1, 0.15) is 44.9 Å². The maximum atomic E-state index is 10.8. The number of carboxylic acids is 1. The first-order valence-electron chi connectivity index (χ1n) is 6.25. The second-order valence-electron chi connectivity index (χ2n) is 4.74. The summed E-state index contributed by atoms with van der Waals surface area (Å²) < 4.78 is 11.4. The molecule has 4 nitrogen and oxygen atoms in total. The maximum Gasteiger partial charge on any atom is 0.306 e. The molecule has 2 rings (SSSR count). The zero-order valence-corrected chi connectivity index (χ0v) is 9.56. The molecule has 0 bridgehead atoms. The van der Waals surface area contributed by atoms with E-state index >= 15 is 0 Å². The van der Waals surface area contributed by atoms with Crippen molar-refractivity contribution < 1.29 is 19.4 Å². The molecule has 0 amide bonds. The van der Waals surface area contributed by atoms with Gasteiger partial charge in [0, 0.05) is 6.61 Å². The predicted molar refractivity (Wildman–Crippen MR) is 58.1 cm³/mol. The van der Waals surface area contributed by atoms with E-state index in [1.165, 1.54) is 6.42 Å². The summed E-state index contributed by atoms with van der Waals surface area (Å²) in [7, 11) is 0. The molecule has 1 heterocycles. The van der Waals surface area contributed by atoms with Crippen molar-refractivity contribution in [3.05, 3.63) is 0 Å². The molecule has 2 aliphatic rings. The Kier molecular flexibility index (Phi) is 4.18. The Morgan fingerprint density at radius 3 is 2.44 bits per heavy atom. The number of hydrogen-bond acceptors (Lipinski definition) is 3. The van der Waals surface area contributed by atoms with Crippen molar-refractivity contribution >= 4 is 5.97 Å². The highest BCUT2D eigenvalue weighted by atomic mass is 16.7. The highest BCUT2D eigenvalue weighted by molar-refractivity contribution is 5.70. The van der Waals surface area contributed by atoms with Crippen LogP contribution in [0, 0.1) is 5.92 Å². The van der Waals surface area contributed by atoms with Crippen molar-refractivity contribution in [2.45, 2.75) is 57.3 Å². The van der Waals surface area contributed by atoms with Gasteiger partial charge in [0.05, 0.1) is 12.0 Å². The summed E-state index contributed by atoms with van der Waals surface area (Å²) in [5.41, 5.74) is 0. The molecule has 0 aromatic heterocycles. The number of ether oxygens (including phenoxy) is 2. The quantitative estimate of drug-likeness (QED) is 0.804. The number of aliphatic carboxylic acids is 1. The fourth-order valence-electron chi connectivity index (χ4n) is 2.48. The van der Waals surface area contributed by atoms with Crippen LogP contribution in [0.4, 0.5) is 0 Å². The average Bonchev–Trinajstić information content (AvgIpc) is 2.31. The molecule has 4 heteroatoms. The monoisotopic (exact) mass is 228 g/mol. The Morgan fingerprint density at radius 2 is 1.88 bits per heavy atom. The van der Waals surface area contributed by atoms with Crippen LogP contribution < -0.4 is 0 Å². The highest BCUT2D eigenvalue weighted by Gasteiger charge is 2.28. The van der Waals surface area contributed by atoms with Gasteiger partial charge in [-0.2, -0.15) is 0 Å². The van der Waals surface area contributed by atoms with Crippen molar-refractivity contribution in [2.75, 3.05) is 6.61 Å². The number of hydrogen-bond donors (Lipinski definition) is 1. The molecule has 1 saturated heterocycles. The van der Waals surface area contributed by atoms with Gasteiger partial charge in [0.15, 0.2) is 6.29 Å². The summed E-state index contributed by atoms with van der Waals surface area (Å²) >= 11 is 0. The topological polar surface area (TPSA) is 55.8 Å². The third-order valence-corrected chi connectivity index (χ3v) is 3.51. The Balaban J connectivity index is 1.70. The Labute approximate surface area is 95.9 Å². The fraction of sp³-hybridized carbons (Fsp3) is 0.917. The molecule has 0 radical (unpaired) electrons. The van der Waals surface area contributed by atoms with E-state index < -0.39 is 5.97 Å². The maximum absolute atomic E-state index is 10.8.